The summed E-state index contributed by atoms with van der Waals surface area (Å²) < 4.78 is 5.53. The minimum atomic E-state index is -1.16. The van der Waals surface area contributed by atoms with Crippen LogP contribution in [0.4, 0.5) is 21.9 Å². The molecule has 1 heterocycles. The second-order valence-corrected chi connectivity index (χ2v) is 8.69. The molecule has 0 aliphatic heterocycles. The Bertz CT molecular complexity index is 1450. The van der Waals surface area contributed by atoms with Crippen LogP contribution in [-0.2, 0) is 0 Å². The number of aromatic nitrogens is 1. The van der Waals surface area contributed by atoms with Crippen molar-refractivity contribution in [2.75, 3.05) is 44.9 Å². The van der Waals surface area contributed by atoms with Crippen molar-refractivity contribution in [1.29, 1.82) is 0 Å². The van der Waals surface area contributed by atoms with Gasteiger partial charge in [-0.15, -0.1) is 0 Å². The molecule has 0 atom stereocenters. The molecule has 0 saturated carbocycles. The lowest BCUT2D eigenvalue weighted by atomic mass is 10.0. The number of benzene rings is 3. The molecule has 3 aromatic carbocycles. The molecule has 0 spiro atoms. The second kappa shape index (κ2) is 10.5. The molecule has 0 fully saturated rings. The van der Waals surface area contributed by atoms with E-state index in [1.807, 2.05) is 56.3 Å². The van der Waals surface area contributed by atoms with Crippen molar-refractivity contribution in [1.82, 2.24) is 15.2 Å². The highest BCUT2D eigenvalue weighted by atomic mass is 16.5. The second-order valence-electron chi connectivity index (χ2n) is 8.69. The molecule has 0 bridgehead atoms. The summed E-state index contributed by atoms with van der Waals surface area (Å²) in [6.45, 7) is 3.21. The summed E-state index contributed by atoms with van der Waals surface area (Å²) in [5, 5.41) is 19.6. The van der Waals surface area contributed by atoms with E-state index in [1.54, 1.807) is 31.4 Å². The first-order valence-corrected chi connectivity index (χ1v) is 11.5. The van der Waals surface area contributed by atoms with Gasteiger partial charge in [0.2, 0.25) is 0 Å². The Morgan fingerprint density at radius 2 is 1.75 bits per heavy atom. The van der Waals surface area contributed by atoms with Gasteiger partial charge in [0.15, 0.2) is 0 Å². The Kier molecular flexibility index (Phi) is 7.21. The maximum atomic E-state index is 13.1. The Labute approximate surface area is 209 Å². The molecule has 4 N–H and O–H groups in total. The number of methoxy groups -OCH3 is 1. The molecule has 4 rings (SSSR count). The first kappa shape index (κ1) is 24.7. The number of fused-ring (bicyclic) bond motifs is 2. The van der Waals surface area contributed by atoms with Crippen molar-refractivity contribution in [2.24, 2.45) is 0 Å². The number of ether oxygens (including phenoxy) is 1. The van der Waals surface area contributed by atoms with E-state index >= 15 is 0 Å². The standard InChI is InChI=1S/C27H29N5O4/c1-16-7-5-8-18-23(16)31-25-19(9-6-10-20(25)26(33)28-13-14-32(2)3)24(18)30-21-15-17(29-27(34)35)11-12-22(21)36-4/h5-12,15,29H,13-14H2,1-4H3,(H,28,33)(H,30,31)(H,34,35). The van der Waals surface area contributed by atoms with Gasteiger partial charge in [0.25, 0.3) is 5.91 Å². The number of hydrogen-bond acceptors (Lipinski definition) is 6. The number of hydrogen-bond donors (Lipinski definition) is 4. The van der Waals surface area contributed by atoms with Crippen molar-refractivity contribution < 1.29 is 19.4 Å². The zero-order valence-electron chi connectivity index (χ0n) is 20.7. The summed E-state index contributed by atoms with van der Waals surface area (Å²) in [5.41, 5.74) is 4.49. The Hall–Kier alpha value is -4.37. The Morgan fingerprint density at radius 1 is 1.03 bits per heavy atom. The SMILES string of the molecule is COc1ccc(NC(=O)O)cc1Nc1c2cccc(C)c2nc2c(C(=O)NCCN(C)C)cccc12. The molecule has 9 nitrogen and oxygen atoms in total. The zero-order valence-corrected chi connectivity index (χ0v) is 20.7. The molecule has 0 unspecified atom stereocenters. The van der Waals surface area contributed by atoms with Crippen molar-refractivity contribution >= 4 is 50.9 Å². The quantitative estimate of drug-likeness (QED) is 0.263. The van der Waals surface area contributed by atoms with E-state index in [9.17, 15) is 9.59 Å². The van der Waals surface area contributed by atoms with Gasteiger partial charge in [-0.3, -0.25) is 10.1 Å². The number of carbonyl (C=O) groups excluding carboxylic acids is 1. The number of aryl methyl sites for hydroxylation is 1. The molecule has 2 amide bonds. The molecule has 36 heavy (non-hydrogen) atoms. The minimum Gasteiger partial charge on any atom is -0.495 e. The minimum absolute atomic E-state index is 0.195. The fourth-order valence-corrected chi connectivity index (χ4v) is 4.08. The molecule has 186 valence electrons. The topological polar surface area (TPSA) is 116 Å². The highest BCUT2D eigenvalue weighted by molar-refractivity contribution is 6.15. The van der Waals surface area contributed by atoms with Crippen LogP contribution in [0.5, 0.6) is 5.75 Å². The first-order valence-electron chi connectivity index (χ1n) is 11.5. The van der Waals surface area contributed by atoms with Crippen LogP contribution in [0.25, 0.3) is 21.8 Å². The molecule has 0 radical (unpaired) electrons. The third-order valence-corrected chi connectivity index (χ3v) is 5.84. The number of nitrogens with zero attached hydrogens (tertiary/aromatic N) is 2. The number of carboxylic acid groups (broad SMARTS) is 1. The van der Waals surface area contributed by atoms with Gasteiger partial charge >= 0.3 is 6.09 Å². The van der Waals surface area contributed by atoms with Crippen molar-refractivity contribution in [2.45, 2.75) is 6.92 Å². The lowest BCUT2D eigenvalue weighted by Crippen LogP contribution is -2.31. The first-order chi connectivity index (χ1) is 17.3. The van der Waals surface area contributed by atoms with Crippen molar-refractivity contribution in [3.05, 3.63) is 65.7 Å². The number of pyridine rings is 1. The van der Waals surface area contributed by atoms with Gasteiger partial charge in [-0.1, -0.05) is 30.3 Å². The lowest BCUT2D eigenvalue weighted by Gasteiger charge is -2.18. The number of para-hydroxylation sites is 2. The molecule has 9 heteroatoms. The normalized spacial score (nSPS) is 11.0. The van der Waals surface area contributed by atoms with Gasteiger partial charge in [-0.05, 0) is 50.8 Å². The number of anilines is 3. The number of likely N-dealkylation sites (N-methyl/N-ethyl adjacent to an activating group) is 1. The van der Waals surface area contributed by atoms with Crippen LogP contribution >= 0.6 is 0 Å². The van der Waals surface area contributed by atoms with Crippen molar-refractivity contribution in [3.8, 4) is 5.75 Å². The van der Waals surface area contributed by atoms with Crippen LogP contribution in [0.2, 0.25) is 0 Å². The van der Waals surface area contributed by atoms with Gasteiger partial charge in [-0.2, -0.15) is 0 Å². The van der Waals surface area contributed by atoms with Crippen LogP contribution in [0.15, 0.2) is 54.6 Å². The van der Waals surface area contributed by atoms with Gasteiger partial charge < -0.3 is 25.4 Å². The van der Waals surface area contributed by atoms with Crippen LogP contribution < -0.4 is 20.7 Å². The molecule has 1 aromatic heterocycles. The van der Waals surface area contributed by atoms with Crippen LogP contribution in [0, 0.1) is 6.92 Å². The van der Waals surface area contributed by atoms with Crippen LogP contribution in [-0.4, -0.2) is 61.3 Å². The number of nitrogens with one attached hydrogen (secondary N) is 3. The van der Waals surface area contributed by atoms with Crippen LogP contribution in [0.3, 0.4) is 0 Å². The fraction of sp³-hybridized carbons (Fsp3) is 0.222. The van der Waals surface area contributed by atoms with E-state index in [1.165, 1.54) is 0 Å². The average molecular weight is 488 g/mol. The van der Waals surface area contributed by atoms with E-state index < -0.39 is 6.09 Å². The molecule has 0 aliphatic carbocycles. The summed E-state index contributed by atoms with van der Waals surface area (Å²) in [5.74, 6) is 0.341. The van der Waals surface area contributed by atoms with Gasteiger partial charge in [0.05, 0.1) is 35.1 Å². The Morgan fingerprint density at radius 3 is 2.44 bits per heavy atom. The maximum Gasteiger partial charge on any atom is 0.409 e. The van der Waals surface area contributed by atoms with E-state index in [4.69, 9.17) is 14.8 Å². The van der Waals surface area contributed by atoms with Crippen molar-refractivity contribution in [3.63, 3.8) is 0 Å². The maximum absolute atomic E-state index is 13.1. The molecular formula is C27H29N5O4. The van der Waals surface area contributed by atoms with E-state index in [2.05, 4.69) is 16.0 Å². The summed E-state index contributed by atoms with van der Waals surface area (Å²) in [4.78, 5) is 31.2. The predicted molar refractivity (Wildman–Crippen MR) is 143 cm³/mol. The number of amides is 2. The van der Waals surface area contributed by atoms with Gasteiger partial charge in [-0.25, -0.2) is 9.78 Å². The lowest BCUT2D eigenvalue weighted by molar-refractivity contribution is 0.0952. The predicted octanol–water partition coefficient (Wildman–Crippen LogP) is 4.83. The summed E-state index contributed by atoms with van der Waals surface area (Å²) in [6, 6.07) is 16.4. The summed E-state index contributed by atoms with van der Waals surface area (Å²) >= 11 is 0. The monoisotopic (exact) mass is 487 g/mol. The number of rotatable bonds is 8. The van der Waals surface area contributed by atoms with Gasteiger partial charge in [0, 0.05) is 29.5 Å². The third kappa shape index (κ3) is 5.16. The molecular weight excluding hydrogens is 458 g/mol. The third-order valence-electron chi connectivity index (χ3n) is 5.84. The molecule has 0 saturated heterocycles. The summed E-state index contributed by atoms with van der Waals surface area (Å²) in [6.07, 6.45) is -1.16. The highest BCUT2D eigenvalue weighted by Gasteiger charge is 2.18. The zero-order chi connectivity index (χ0) is 25.8. The van der Waals surface area contributed by atoms with E-state index in [-0.39, 0.29) is 5.91 Å². The molecule has 4 aromatic rings. The Balaban J connectivity index is 1.89. The fourth-order valence-electron chi connectivity index (χ4n) is 4.08. The molecule has 0 aliphatic rings. The number of carbonyl (C=O) groups is 2. The highest BCUT2D eigenvalue weighted by Crippen LogP contribution is 2.38. The summed E-state index contributed by atoms with van der Waals surface area (Å²) in [7, 11) is 5.45. The van der Waals surface area contributed by atoms with E-state index in [0.29, 0.717) is 34.7 Å². The van der Waals surface area contributed by atoms with Gasteiger partial charge in [0.1, 0.15) is 5.75 Å². The smallest absolute Gasteiger partial charge is 0.409 e. The van der Waals surface area contributed by atoms with Crippen LogP contribution in [0.1, 0.15) is 15.9 Å². The largest absolute Gasteiger partial charge is 0.495 e. The van der Waals surface area contributed by atoms with E-state index in [0.717, 1.165) is 34.1 Å². The average Bonchev–Trinajstić information content (AvgIpc) is 2.83.